The molecule has 0 unspecified atom stereocenters. The minimum Gasteiger partial charge on any atom is -0.508 e. The molecule has 6 rings (SSSR count). The molecule has 1 fully saturated rings. The molecule has 0 saturated carbocycles. The van der Waals surface area contributed by atoms with Gasteiger partial charge in [0.15, 0.2) is 0 Å². The summed E-state index contributed by atoms with van der Waals surface area (Å²) < 4.78 is 0. The number of benzene rings is 3. The lowest BCUT2D eigenvalue weighted by molar-refractivity contribution is -0.142. The number of nitrogens with one attached hydrogen (secondary N) is 14. The lowest BCUT2D eigenvalue weighted by atomic mass is 9.94. The van der Waals surface area contributed by atoms with Crippen molar-refractivity contribution >= 4 is 115 Å². The number of amides is 12. The van der Waals surface area contributed by atoms with Gasteiger partial charge in [-0.2, -0.15) is 0 Å². The molecular weight excluding hydrogens is 1490 g/mol. The highest BCUT2D eigenvalue weighted by atomic mass is 33.1. The van der Waals surface area contributed by atoms with E-state index in [1.165, 1.54) is 36.8 Å². The van der Waals surface area contributed by atoms with E-state index in [0.29, 0.717) is 23.1 Å². The maximum absolute atomic E-state index is 15.2. The molecule has 0 spiro atoms. The monoisotopic (exact) mass is 1590 g/mol. The Morgan fingerprint density at radius 2 is 1.14 bits per heavy atom. The van der Waals surface area contributed by atoms with E-state index in [1.807, 2.05) is 6.07 Å². The number of nitrogens with two attached hydrogens (primary N) is 1. The highest BCUT2D eigenvalue weighted by Crippen LogP contribution is 2.25. The summed E-state index contributed by atoms with van der Waals surface area (Å²) in [5.41, 5.74) is 8.92. The van der Waals surface area contributed by atoms with Crippen LogP contribution in [0.1, 0.15) is 123 Å². The molecule has 3 heterocycles. The Bertz CT molecular complexity index is 4020. The highest BCUT2D eigenvalue weighted by molar-refractivity contribution is 8.76. The number of carbonyl (C=O) groups is 14. The number of hydrogen-bond donors (Lipinski definition) is 19. The van der Waals surface area contributed by atoms with Crippen LogP contribution in [0.3, 0.4) is 0 Å². The first-order valence-electron chi connectivity index (χ1n) is 37.3. The average molecular weight is 1600 g/mol. The van der Waals surface area contributed by atoms with Crippen molar-refractivity contribution in [2.45, 2.75) is 199 Å². The van der Waals surface area contributed by atoms with Gasteiger partial charge in [-0.25, -0.2) is 9.78 Å². The van der Waals surface area contributed by atoms with Gasteiger partial charge >= 0.3 is 11.9 Å². The van der Waals surface area contributed by atoms with Crippen LogP contribution in [0.5, 0.6) is 5.75 Å². The van der Waals surface area contributed by atoms with Crippen molar-refractivity contribution in [2.24, 2.45) is 29.4 Å². The van der Waals surface area contributed by atoms with E-state index >= 15 is 14.4 Å². The second-order valence-electron chi connectivity index (χ2n) is 28.6. The van der Waals surface area contributed by atoms with E-state index in [0.717, 1.165) is 32.5 Å². The number of carboxylic acids is 2. The molecule has 2 aromatic heterocycles. The van der Waals surface area contributed by atoms with E-state index in [2.05, 4.69) is 78.8 Å². The van der Waals surface area contributed by atoms with E-state index in [9.17, 15) is 73.2 Å². The number of aliphatic hydroxyl groups excluding tert-OH is 1. The van der Waals surface area contributed by atoms with Crippen LogP contribution in [0.15, 0.2) is 97.6 Å². The first-order valence-corrected chi connectivity index (χ1v) is 39.8. The summed E-state index contributed by atoms with van der Waals surface area (Å²) in [4.78, 5) is 208. The van der Waals surface area contributed by atoms with Crippen LogP contribution in [0.4, 0.5) is 0 Å². The predicted molar refractivity (Wildman–Crippen MR) is 417 cm³/mol. The van der Waals surface area contributed by atoms with Crippen molar-refractivity contribution in [1.82, 2.24) is 78.8 Å². The summed E-state index contributed by atoms with van der Waals surface area (Å²) in [5, 5.41) is 73.1. The van der Waals surface area contributed by atoms with Crippen LogP contribution in [0, 0.1) is 23.7 Å². The number of imidazole rings is 1. The number of aromatic amines is 2. The molecular formula is C76H106N16O18S2. The molecule has 34 nitrogen and oxygen atoms in total. The molecule has 1 saturated heterocycles. The number of carbonyl (C=O) groups excluding carboxylic acids is 12. The van der Waals surface area contributed by atoms with Crippen LogP contribution in [-0.4, -0.2) is 215 Å². The van der Waals surface area contributed by atoms with Crippen LogP contribution in [-0.2, 0) is 92.8 Å². The molecule has 36 heteroatoms. The zero-order chi connectivity index (χ0) is 82.3. The maximum Gasteiger partial charge on any atom is 0.326 e. The second kappa shape index (κ2) is 45.1. The number of fused-ring (bicyclic) bond motifs is 1. The van der Waals surface area contributed by atoms with Crippen molar-refractivity contribution in [1.29, 1.82) is 0 Å². The Labute approximate surface area is 656 Å². The molecule has 5 aromatic rings. The molecule has 3 aromatic carbocycles. The second-order valence-corrected chi connectivity index (χ2v) is 31.2. The predicted octanol–water partition coefficient (Wildman–Crippen LogP) is 0.555. The molecule has 14 atom stereocenters. The van der Waals surface area contributed by atoms with Gasteiger partial charge < -0.3 is 99.9 Å². The zero-order valence-electron chi connectivity index (χ0n) is 63.9. The molecule has 12 amide bonds. The fourth-order valence-electron chi connectivity index (χ4n) is 12.0. The number of aromatic hydroxyl groups is 1. The van der Waals surface area contributed by atoms with E-state index in [4.69, 9.17) is 5.73 Å². The van der Waals surface area contributed by atoms with Gasteiger partial charge in [-0.1, -0.05) is 150 Å². The topological polar surface area (TPSA) is 535 Å². The van der Waals surface area contributed by atoms with Crippen molar-refractivity contribution < 1.29 is 87.5 Å². The number of para-hydroxylation sites is 1. The van der Waals surface area contributed by atoms with Gasteiger partial charge in [0.1, 0.15) is 72.2 Å². The quantitative estimate of drug-likeness (QED) is 0.0269. The van der Waals surface area contributed by atoms with Gasteiger partial charge in [0, 0.05) is 79.1 Å². The Kier molecular flexibility index (Phi) is 36.3. The van der Waals surface area contributed by atoms with Crippen LogP contribution >= 0.6 is 21.6 Å². The summed E-state index contributed by atoms with van der Waals surface area (Å²) in [5.74, 6) is -16.5. The zero-order valence-corrected chi connectivity index (χ0v) is 65.6. The lowest BCUT2D eigenvalue weighted by Crippen LogP contribution is -2.62. The normalized spacial score (nSPS) is 20.4. The Balaban J connectivity index is 1.30. The first-order chi connectivity index (χ1) is 53.3. The van der Waals surface area contributed by atoms with Crippen molar-refractivity contribution in [3.05, 3.63) is 120 Å². The summed E-state index contributed by atoms with van der Waals surface area (Å²) in [6, 6.07) is 3.43. The molecule has 1 aliphatic heterocycles. The smallest absolute Gasteiger partial charge is 0.326 e. The number of phenols is 1. The van der Waals surface area contributed by atoms with Gasteiger partial charge in [0.05, 0.1) is 25.4 Å². The third-order valence-corrected chi connectivity index (χ3v) is 21.4. The fraction of sp³-hybridized carbons (Fsp3) is 0.513. The fourth-order valence-corrected chi connectivity index (χ4v) is 14.3. The number of carboxylic acid groups (broad SMARTS) is 2. The highest BCUT2D eigenvalue weighted by Gasteiger charge is 2.40. The Hall–Kier alpha value is -10.6. The molecule has 20 N–H and O–H groups in total. The number of phenolic OH excluding ortho intramolecular Hbond substituents is 1. The average Bonchev–Trinajstić information content (AvgIpc) is 1.74. The molecule has 1 aliphatic rings. The van der Waals surface area contributed by atoms with Crippen molar-refractivity contribution in [3.8, 4) is 5.75 Å². The summed E-state index contributed by atoms with van der Waals surface area (Å²) in [6.07, 6.45) is 3.19. The van der Waals surface area contributed by atoms with E-state index in [-0.39, 0.29) is 87.3 Å². The summed E-state index contributed by atoms with van der Waals surface area (Å²) >= 11 is 0. The molecule has 0 radical (unpaired) electrons. The summed E-state index contributed by atoms with van der Waals surface area (Å²) in [6.45, 7) is 12.7. The minimum absolute atomic E-state index is 0.0348. The minimum atomic E-state index is -1.92. The van der Waals surface area contributed by atoms with Crippen LogP contribution < -0.4 is 69.5 Å². The number of aromatic nitrogens is 3. The molecule has 0 bridgehead atoms. The summed E-state index contributed by atoms with van der Waals surface area (Å²) in [7, 11) is 1.90. The Morgan fingerprint density at radius 1 is 0.580 bits per heavy atom. The molecule has 112 heavy (non-hydrogen) atoms. The number of H-pyrrole nitrogens is 2. The van der Waals surface area contributed by atoms with Crippen molar-refractivity contribution in [3.63, 3.8) is 0 Å². The number of nitrogens with zero attached hydrogens (tertiary/aromatic N) is 1. The lowest BCUT2D eigenvalue weighted by Gasteiger charge is -2.31. The van der Waals surface area contributed by atoms with Crippen molar-refractivity contribution in [2.75, 3.05) is 24.7 Å². The SMILES string of the molecule is CC[C@H](C)[C@H](NC(=O)[C@H](CC(=O)O)NC(=O)[C@H](CC(C)C)NC(=O)[C@H](Cc1cnc[nH]1)NC(=O)[C@H]1CSSC[C@H](N)C(=O)N[C@@H](CO)C(=O)NCCCCC(=O)N[C@H](C(C)C)C(=O)N[C@@H](Cc2ccc(O)cc2)C(=O)N[C@H](Cc2ccccc2)C(=O)N1)C(=O)N[C@H](C(=O)N[C@@H](Cc1c[nH]c2ccccc12)C(=O)O)[C@@H](C)CC. The number of rotatable bonds is 31. The third-order valence-electron chi connectivity index (χ3n) is 18.9. The number of aliphatic hydroxyl groups is 1. The van der Waals surface area contributed by atoms with Crippen LogP contribution in [0.2, 0.25) is 0 Å². The maximum atomic E-state index is 15.2. The number of aliphatic carboxylic acids is 2. The molecule has 610 valence electrons. The van der Waals surface area contributed by atoms with Crippen LogP contribution in [0.25, 0.3) is 10.9 Å². The van der Waals surface area contributed by atoms with Gasteiger partial charge in [-0.15, -0.1) is 0 Å². The van der Waals surface area contributed by atoms with Gasteiger partial charge in [0.2, 0.25) is 70.9 Å². The van der Waals surface area contributed by atoms with Gasteiger partial charge in [-0.3, -0.25) is 62.3 Å². The molecule has 0 aliphatic carbocycles. The van der Waals surface area contributed by atoms with Gasteiger partial charge in [0.25, 0.3) is 0 Å². The number of hydrogen-bond acceptors (Lipinski definition) is 20. The van der Waals surface area contributed by atoms with E-state index < -0.39 is 192 Å². The van der Waals surface area contributed by atoms with E-state index in [1.54, 1.807) is 110 Å². The largest absolute Gasteiger partial charge is 0.508 e. The Morgan fingerprint density at radius 3 is 1.75 bits per heavy atom. The third kappa shape index (κ3) is 28.6. The standard InChI is InChI=1S/C76H106N16O18S2/c1-9-42(7)63(74(107)87-57(76(109)110)31-46-34-80-51-21-15-14-20-49(46)51)92-75(108)64(43(8)10-2)91-71(104)56(33-61(96)97)85-67(100)52(28-40(3)4)82-70(103)55(32-47-35-78-39-81-47)84-72(105)59-38-112-111-37-50(77)65(98)88-58(36-93)66(99)79-27-17-16-22-60(95)90-62(41(5)6)73(106)86-54(30-45-23-25-48(94)26-24-45)68(101)83-53(69(102)89-59)29-44-18-12-11-13-19-44/h11-15,18-21,23-26,34-35,39-43,50,52-59,62-64,80,93-94H,9-10,16-17,22,27-33,36-38,77H2,1-8H3,(H,78,81)(H,79,99)(H,82,103)(H,83,101)(H,84,105)(H,85,100)(H,86,106)(H,87,107)(H,88,98)(H,89,102)(H,90,95)(H,91,104)(H,92,108)(H,96,97)(H,109,110)/t42-,43-,50-,52-,53+,54-,55-,56-,57-,58-,59+,62+,63-,64-/m0/s1. The first kappa shape index (κ1) is 90.3. The van der Waals surface area contributed by atoms with Gasteiger partial charge in [-0.05, 0) is 77.8 Å².